The van der Waals surface area contributed by atoms with Gasteiger partial charge in [-0.1, -0.05) is 18.5 Å². The number of carbonyl (C=O) groups excluding carboxylic acids is 1. The lowest BCUT2D eigenvalue weighted by molar-refractivity contribution is -0.108. The number of hydrogen-bond acceptors (Lipinski definition) is 2. The molecule has 1 aromatic rings. The first-order valence-corrected chi connectivity index (χ1v) is 4.66. The number of hydrogen-bond donors (Lipinski definition) is 1. The SMILES string of the molecule is CC(CC=O)c1c(O)c(Cl)cc(F)c1F. The van der Waals surface area contributed by atoms with E-state index < -0.39 is 23.3 Å². The van der Waals surface area contributed by atoms with Crippen molar-refractivity contribution in [1.82, 2.24) is 0 Å². The number of benzene rings is 1. The molecule has 0 radical (unpaired) electrons. The van der Waals surface area contributed by atoms with Gasteiger partial charge in [-0.05, 0) is 12.0 Å². The summed E-state index contributed by atoms with van der Waals surface area (Å²) in [5, 5.41) is 9.18. The first kappa shape index (κ1) is 11.9. The van der Waals surface area contributed by atoms with Crippen molar-refractivity contribution in [3.8, 4) is 5.75 Å². The highest BCUT2D eigenvalue weighted by Crippen LogP contribution is 2.36. The molecule has 0 saturated carbocycles. The van der Waals surface area contributed by atoms with E-state index in [2.05, 4.69) is 0 Å². The van der Waals surface area contributed by atoms with Gasteiger partial charge in [-0.2, -0.15) is 0 Å². The molecule has 2 nitrogen and oxygen atoms in total. The van der Waals surface area contributed by atoms with Gasteiger partial charge in [0.1, 0.15) is 12.0 Å². The third kappa shape index (κ3) is 2.26. The third-order valence-corrected chi connectivity index (χ3v) is 2.41. The molecule has 1 atom stereocenters. The molecule has 0 aliphatic heterocycles. The Kier molecular flexibility index (Phi) is 3.63. The minimum Gasteiger partial charge on any atom is -0.506 e. The summed E-state index contributed by atoms with van der Waals surface area (Å²) < 4.78 is 26.3. The van der Waals surface area contributed by atoms with Crippen LogP contribution < -0.4 is 0 Å². The molecule has 0 aliphatic carbocycles. The van der Waals surface area contributed by atoms with E-state index in [9.17, 15) is 18.7 Å². The van der Waals surface area contributed by atoms with Crippen LogP contribution in [0.3, 0.4) is 0 Å². The molecule has 0 heterocycles. The van der Waals surface area contributed by atoms with Crippen molar-refractivity contribution in [2.75, 3.05) is 0 Å². The van der Waals surface area contributed by atoms with Crippen molar-refractivity contribution in [1.29, 1.82) is 0 Å². The Morgan fingerprint density at radius 1 is 1.60 bits per heavy atom. The highest BCUT2D eigenvalue weighted by atomic mass is 35.5. The maximum absolute atomic E-state index is 13.3. The van der Waals surface area contributed by atoms with E-state index in [0.29, 0.717) is 12.4 Å². The Balaban J connectivity index is 3.31. The summed E-state index contributed by atoms with van der Waals surface area (Å²) in [6.45, 7) is 1.50. The predicted octanol–water partition coefficient (Wildman–Crippen LogP) is 3.02. The molecular weight excluding hydrogens is 226 g/mol. The van der Waals surface area contributed by atoms with Crippen LogP contribution in [0.4, 0.5) is 8.78 Å². The monoisotopic (exact) mass is 234 g/mol. The molecule has 0 amide bonds. The average molecular weight is 235 g/mol. The van der Waals surface area contributed by atoms with Gasteiger partial charge < -0.3 is 9.90 Å². The van der Waals surface area contributed by atoms with E-state index in [0.717, 1.165) is 0 Å². The molecule has 0 aromatic heterocycles. The van der Waals surface area contributed by atoms with Gasteiger partial charge in [0, 0.05) is 12.0 Å². The quantitative estimate of drug-likeness (QED) is 0.645. The lowest BCUT2D eigenvalue weighted by Crippen LogP contribution is -2.01. The van der Waals surface area contributed by atoms with Gasteiger partial charge in [0.15, 0.2) is 11.6 Å². The van der Waals surface area contributed by atoms with Crippen LogP contribution in [0.2, 0.25) is 5.02 Å². The van der Waals surface area contributed by atoms with Crippen molar-refractivity contribution in [2.24, 2.45) is 0 Å². The molecule has 15 heavy (non-hydrogen) atoms. The number of rotatable bonds is 3. The fourth-order valence-electron chi connectivity index (χ4n) is 1.32. The second-order valence-electron chi connectivity index (χ2n) is 3.22. The second-order valence-corrected chi connectivity index (χ2v) is 3.63. The van der Waals surface area contributed by atoms with Crippen molar-refractivity contribution in [3.63, 3.8) is 0 Å². The maximum Gasteiger partial charge on any atom is 0.166 e. The third-order valence-electron chi connectivity index (χ3n) is 2.12. The normalized spacial score (nSPS) is 12.5. The van der Waals surface area contributed by atoms with Crippen LogP contribution in [0.1, 0.15) is 24.8 Å². The van der Waals surface area contributed by atoms with Crippen LogP contribution in [0.25, 0.3) is 0 Å². The second kappa shape index (κ2) is 4.57. The van der Waals surface area contributed by atoms with E-state index in [-0.39, 0.29) is 17.0 Å². The first-order chi connectivity index (χ1) is 6.99. The van der Waals surface area contributed by atoms with Crippen LogP contribution in [-0.4, -0.2) is 11.4 Å². The fourth-order valence-corrected chi connectivity index (χ4v) is 1.51. The van der Waals surface area contributed by atoms with Crippen molar-refractivity contribution in [3.05, 3.63) is 28.3 Å². The molecule has 82 valence electrons. The molecule has 0 saturated heterocycles. The number of aldehydes is 1. The molecule has 5 heteroatoms. The molecule has 0 aliphatic rings. The first-order valence-electron chi connectivity index (χ1n) is 4.29. The van der Waals surface area contributed by atoms with Crippen molar-refractivity contribution >= 4 is 17.9 Å². The van der Waals surface area contributed by atoms with Gasteiger partial charge in [0.05, 0.1) is 5.02 Å². The maximum atomic E-state index is 13.3. The number of phenols is 1. The molecule has 1 unspecified atom stereocenters. The predicted molar refractivity (Wildman–Crippen MR) is 52.1 cm³/mol. The zero-order valence-electron chi connectivity index (χ0n) is 7.93. The Morgan fingerprint density at radius 2 is 2.20 bits per heavy atom. The van der Waals surface area contributed by atoms with Crippen LogP contribution >= 0.6 is 11.6 Å². The average Bonchev–Trinajstić information content (AvgIpc) is 2.16. The molecule has 0 spiro atoms. The highest BCUT2D eigenvalue weighted by molar-refractivity contribution is 6.32. The van der Waals surface area contributed by atoms with Crippen molar-refractivity contribution in [2.45, 2.75) is 19.3 Å². The zero-order valence-corrected chi connectivity index (χ0v) is 8.68. The Morgan fingerprint density at radius 3 is 2.73 bits per heavy atom. The Bertz CT molecular complexity index is 367. The van der Waals surface area contributed by atoms with Crippen LogP contribution in [-0.2, 0) is 4.79 Å². The molecular formula is C10H9ClF2O2. The Hall–Kier alpha value is -1.16. The number of halogens is 3. The molecule has 1 aromatic carbocycles. The van der Waals surface area contributed by atoms with Crippen molar-refractivity contribution < 1.29 is 18.7 Å². The van der Waals surface area contributed by atoms with Gasteiger partial charge in [0.2, 0.25) is 0 Å². The topological polar surface area (TPSA) is 37.3 Å². The van der Waals surface area contributed by atoms with Gasteiger partial charge in [0.25, 0.3) is 0 Å². The standard InChI is InChI=1S/C10H9ClF2O2/c1-5(2-3-14)8-9(13)7(12)4-6(11)10(8)15/h3-5,15H,2H2,1H3. The summed E-state index contributed by atoms with van der Waals surface area (Å²) in [5.74, 6) is -3.42. The highest BCUT2D eigenvalue weighted by Gasteiger charge is 2.21. The number of phenolic OH excluding ortho intramolecular Hbond substituents is 1. The summed E-state index contributed by atoms with van der Waals surface area (Å²) in [6, 6.07) is 0.698. The fraction of sp³-hybridized carbons (Fsp3) is 0.300. The smallest absolute Gasteiger partial charge is 0.166 e. The number of carbonyl (C=O) groups is 1. The van der Waals surface area contributed by atoms with E-state index >= 15 is 0 Å². The van der Waals surface area contributed by atoms with E-state index in [1.807, 2.05) is 0 Å². The molecule has 0 bridgehead atoms. The lowest BCUT2D eigenvalue weighted by Gasteiger charge is -2.13. The van der Waals surface area contributed by atoms with Crippen LogP contribution in [0.5, 0.6) is 5.75 Å². The van der Waals surface area contributed by atoms with Gasteiger partial charge >= 0.3 is 0 Å². The largest absolute Gasteiger partial charge is 0.506 e. The minimum absolute atomic E-state index is 0.00966. The van der Waals surface area contributed by atoms with Gasteiger partial charge in [-0.3, -0.25) is 0 Å². The Labute approximate surface area is 90.5 Å². The summed E-state index contributed by atoms with van der Waals surface area (Å²) in [5.41, 5.74) is -0.257. The van der Waals surface area contributed by atoms with Gasteiger partial charge in [-0.15, -0.1) is 0 Å². The van der Waals surface area contributed by atoms with E-state index in [4.69, 9.17) is 11.6 Å². The summed E-state index contributed by atoms with van der Waals surface area (Å²) in [6.07, 6.45) is 0.562. The van der Waals surface area contributed by atoms with E-state index in [1.54, 1.807) is 0 Å². The lowest BCUT2D eigenvalue weighted by atomic mass is 9.96. The molecule has 0 fully saturated rings. The number of aromatic hydroxyl groups is 1. The summed E-state index contributed by atoms with van der Waals surface area (Å²) in [7, 11) is 0. The summed E-state index contributed by atoms with van der Waals surface area (Å²) in [4.78, 5) is 10.3. The van der Waals surface area contributed by atoms with E-state index in [1.165, 1.54) is 6.92 Å². The zero-order chi connectivity index (χ0) is 11.6. The van der Waals surface area contributed by atoms with Crippen LogP contribution in [0.15, 0.2) is 6.07 Å². The minimum atomic E-state index is -1.16. The summed E-state index contributed by atoms with van der Waals surface area (Å²) >= 11 is 5.49. The molecule has 1 N–H and O–H groups in total. The molecule has 1 rings (SSSR count). The van der Waals surface area contributed by atoms with Gasteiger partial charge in [-0.25, -0.2) is 8.78 Å². The van der Waals surface area contributed by atoms with Crippen LogP contribution in [0, 0.1) is 11.6 Å².